The molecule has 3 N–H and O–H groups in total. The van der Waals surface area contributed by atoms with Crippen molar-refractivity contribution in [3.05, 3.63) is 29.8 Å². The minimum absolute atomic E-state index is 0.0135. The van der Waals surface area contributed by atoms with Gasteiger partial charge in [0.25, 0.3) is 5.91 Å². The summed E-state index contributed by atoms with van der Waals surface area (Å²) in [6, 6.07) is 7.02. The van der Waals surface area contributed by atoms with Gasteiger partial charge in [-0.2, -0.15) is 0 Å². The Balaban J connectivity index is 1.97. The van der Waals surface area contributed by atoms with Gasteiger partial charge in [0, 0.05) is 13.0 Å². The highest BCUT2D eigenvalue weighted by Gasteiger charge is 2.25. The Bertz CT molecular complexity index is 574. The van der Waals surface area contributed by atoms with Gasteiger partial charge in [-0.05, 0) is 25.0 Å². The molecule has 1 aromatic rings. The van der Waals surface area contributed by atoms with Crippen LogP contribution in [0.1, 0.15) is 36.0 Å². The van der Waals surface area contributed by atoms with E-state index >= 15 is 0 Å². The number of hydrogen-bond donors (Lipinski definition) is 3. The molecule has 0 saturated heterocycles. The summed E-state index contributed by atoms with van der Waals surface area (Å²) in [7, 11) is 0. The second-order valence-electron chi connectivity index (χ2n) is 5.09. The molecular weight excluding hydrogens is 286 g/mol. The third-order valence-corrected chi connectivity index (χ3v) is 3.55. The van der Waals surface area contributed by atoms with Crippen molar-refractivity contribution in [2.75, 3.05) is 18.0 Å². The molecule has 7 heteroatoms. The van der Waals surface area contributed by atoms with Crippen LogP contribution in [0.3, 0.4) is 0 Å². The van der Waals surface area contributed by atoms with Crippen molar-refractivity contribution in [1.29, 1.82) is 0 Å². The molecule has 7 nitrogen and oxygen atoms in total. The fourth-order valence-electron chi connectivity index (χ4n) is 2.42. The van der Waals surface area contributed by atoms with Crippen LogP contribution < -0.4 is 15.7 Å². The summed E-state index contributed by atoms with van der Waals surface area (Å²) in [5.74, 6) is -0.802. The molecule has 0 bridgehead atoms. The molecule has 1 aliphatic rings. The predicted molar refractivity (Wildman–Crippen MR) is 79.5 cm³/mol. The number of carbonyl (C=O) groups excluding carboxylic acids is 3. The standard InChI is InChI=1S/C15H19N3O4/c19-13(17-22)8-2-1-5-9-18-12-7-4-3-6-11(12)15(21)16-10-14(18)20/h3-4,6-7,22H,1-2,5,8-10H2,(H,16,21)(H,17,19). The number of anilines is 1. The fourth-order valence-corrected chi connectivity index (χ4v) is 2.42. The lowest BCUT2D eigenvalue weighted by molar-refractivity contribution is -0.129. The Kier molecular flexibility index (Phi) is 5.48. The van der Waals surface area contributed by atoms with Crippen molar-refractivity contribution in [1.82, 2.24) is 10.8 Å². The van der Waals surface area contributed by atoms with Gasteiger partial charge in [0.05, 0.1) is 17.8 Å². The maximum absolute atomic E-state index is 12.2. The molecule has 1 aromatic carbocycles. The first-order valence-corrected chi connectivity index (χ1v) is 7.24. The molecule has 0 unspecified atom stereocenters. The number of carbonyl (C=O) groups is 3. The van der Waals surface area contributed by atoms with Crippen LogP contribution in [0.4, 0.5) is 5.69 Å². The van der Waals surface area contributed by atoms with Crippen LogP contribution in [0.25, 0.3) is 0 Å². The first-order valence-electron chi connectivity index (χ1n) is 7.24. The van der Waals surface area contributed by atoms with Crippen LogP contribution >= 0.6 is 0 Å². The Morgan fingerprint density at radius 3 is 2.77 bits per heavy atom. The van der Waals surface area contributed by atoms with Crippen LogP contribution in [-0.4, -0.2) is 36.0 Å². The molecular formula is C15H19N3O4. The van der Waals surface area contributed by atoms with Crippen molar-refractivity contribution in [2.45, 2.75) is 25.7 Å². The summed E-state index contributed by atoms with van der Waals surface area (Å²) in [6.45, 7) is 0.478. The minimum Gasteiger partial charge on any atom is -0.343 e. The van der Waals surface area contributed by atoms with Gasteiger partial charge in [0.2, 0.25) is 11.8 Å². The SMILES string of the molecule is O=C(CCCCCN1C(=O)CNC(=O)c2ccccc21)NO. The normalized spacial score (nSPS) is 14.1. The number of amides is 3. The van der Waals surface area contributed by atoms with E-state index < -0.39 is 5.91 Å². The van der Waals surface area contributed by atoms with Crippen LogP contribution in [0.2, 0.25) is 0 Å². The number of hydroxylamine groups is 1. The van der Waals surface area contributed by atoms with Gasteiger partial charge in [-0.15, -0.1) is 0 Å². The summed E-state index contributed by atoms with van der Waals surface area (Å²) in [5.41, 5.74) is 2.70. The van der Waals surface area contributed by atoms with Crippen LogP contribution in [0.5, 0.6) is 0 Å². The summed E-state index contributed by atoms with van der Waals surface area (Å²) < 4.78 is 0. The summed E-state index contributed by atoms with van der Waals surface area (Å²) in [5, 5.41) is 11.0. The highest BCUT2D eigenvalue weighted by Crippen LogP contribution is 2.23. The fraction of sp³-hybridized carbons (Fsp3) is 0.400. The summed E-state index contributed by atoms with van der Waals surface area (Å²) >= 11 is 0. The lowest BCUT2D eigenvalue weighted by Gasteiger charge is -2.22. The maximum atomic E-state index is 12.2. The van der Waals surface area contributed by atoms with Gasteiger partial charge in [0.1, 0.15) is 0 Å². The molecule has 0 spiro atoms. The van der Waals surface area contributed by atoms with Crippen molar-refractivity contribution >= 4 is 23.4 Å². The third kappa shape index (κ3) is 3.82. The van der Waals surface area contributed by atoms with E-state index in [2.05, 4.69) is 5.32 Å². The second kappa shape index (κ2) is 7.56. The lowest BCUT2D eigenvalue weighted by Crippen LogP contribution is -2.37. The number of fused-ring (bicyclic) bond motifs is 1. The van der Waals surface area contributed by atoms with Crippen LogP contribution in [0.15, 0.2) is 24.3 Å². The molecule has 0 saturated carbocycles. The molecule has 0 aliphatic carbocycles. The van der Waals surface area contributed by atoms with Gasteiger partial charge >= 0.3 is 0 Å². The molecule has 0 atom stereocenters. The number of hydrogen-bond acceptors (Lipinski definition) is 4. The van der Waals surface area contributed by atoms with Gasteiger partial charge in [-0.25, -0.2) is 5.48 Å². The number of nitrogens with zero attached hydrogens (tertiary/aromatic N) is 1. The van der Waals surface area contributed by atoms with E-state index in [1.807, 2.05) is 0 Å². The number of benzene rings is 1. The summed E-state index contributed by atoms with van der Waals surface area (Å²) in [6.07, 6.45) is 2.35. The third-order valence-electron chi connectivity index (χ3n) is 3.55. The van der Waals surface area contributed by atoms with E-state index in [4.69, 9.17) is 5.21 Å². The van der Waals surface area contributed by atoms with Gasteiger partial charge in [0.15, 0.2) is 0 Å². The lowest BCUT2D eigenvalue weighted by atomic mass is 10.1. The largest absolute Gasteiger partial charge is 0.343 e. The van der Waals surface area contributed by atoms with Crippen molar-refractivity contribution in [3.8, 4) is 0 Å². The Labute approximate surface area is 128 Å². The van der Waals surface area contributed by atoms with E-state index in [1.54, 1.807) is 34.6 Å². The van der Waals surface area contributed by atoms with Crippen LogP contribution in [0, 0.1) is 0 Å². The molecule has 0 radical (unpaired) electrons. The minimum atomic E-state index is -0.411. The van der Waals surface area contributed by atoms with E-state index in [1.165, 1.54) is 0 Å². The molecule has 118 valence electrons. The number of nitrogens with one attached hydrogen (secondary N) is 2. The van der Waals surface area contributed by atoms with Crippen molar-refractivity contribution in [3.63, 3.8) is 0 Å². The zero-order chi connectivity index (χ0) is 15.9. The molecule has 22 heavy (non-hydrogen) atoms. The topological polar surface area (TPSA) is 98.7 Å². The Morgan fingerprint density at radius 1 is 1.23 bits per heavy atom. The molecule has 1 aliphatic heterocycles. The Morgan fingerprint density at radius 2 is 2.00 bits per heavy atom. The quantitative estimate of drug-likeness (QED) is 0.412. The highest BCUT2D eigenvalue weighted by molar-refractivity contribution is 6.09. The molecule has 0 aromatic heterocycles. The molecule has 1 heterocycles. The second-order valence-corrected chi connectivity index (χ2v) is 5.09. The first kappa shape index (κ1) is 16.0. The summed E-state index contributed by atoms with van der Waals surface area (Å²) in [4.78, 5) is 36.6. The number of unbranched alkanes of at least 4 members (excludes halogenated alkanes) is 2. The molecule has 2 rings (SSSR count). The van der Waals surface area contributed by atoms with E-state index in [0.29, 0.717) is 30.6 Å². The van der Waals surface area contributed by atoms with E-state index in [0.717, 1.165) is 6.42 Å². The average molecular weight is 305 g/mol. The Hall–Kier alpha value is -2.41. The zero-order valence-electron chi connectivity index (χ0n) is 12.2. The first-order chi connectivity index (χ1) is 10.6. The van der Waals surface area contributed by atoms with E-state index in [-0.39, 0.29) is 24.8 Å². The maximum Gasteiger partial charge on any atom is 0.253 e. The van der Waals surface area contributed by atoms with Gasteiger partial charge in [-0.1, -0.05) is 18.6 Å². The predicted octanol–water partition coefficient (Wildman–Crippen LogP) is 0.829. The zero-order valence-corrected chi connectivity index (χ0v) is 12.2. The number of rotatable bonds is 6. The smallest absolute Gasteiger partial charge is 0.253 e. The monoisotopic (exact) mass is 305 g/mol. The van der Waals surface area contributed by atoms with Crippen LogP contribution in [-0.2, 0) is 9.59 Å². The molecule has 3 amide bonds. The van der Waals surface area contributed by atoms with Crippen molar-refractivity contribution < 1.29 is 19.6 Å². The van der Waals surface area contributed by atoms with Crippen molar-refractivity contribution in [2.24, 2.45) is 0 Å². The van der Waals surface area contributed by atoms with E-state index in [9.17, 15) is 14.4 Å². The van der Waals surface area contributed by atoms with Gasteiger partial charge < -0.3 is 10.2 Å². The average Bonchev–Trinajstić information content (AvgIpc) is 2.66. The highest BCUT2D eigenvalue weighted by atomic mass is 16.5. The number of para-hydroxylation sites is 1. The molecule has 0 fully saturated rings. The van der Waals surface area contributed by atoms with Gasteiger partial charge in [-0.3, -0.25) is 19.6 Å².